The van der Waals surface area contributed by atoms with Crippen LogP contribution in [0.4, 0.5) is 10.1 Å². The molecule has 4 saturated carbocycles. The summed E-state index contributed by atoms with van der Waals surface area (Å²) in [6.07, 6.45) is 6.43. The number of alkyl halides is 1. The number of hydrogen-bond acceptors (Lipinski definition) is 1. The number of carbonyl (C=O) groups is 1. The third kappa shape index (κ3) is 2.44. The van der Waals surface area contributed by atoms with Crippen LogP contribution in [-0.4, -0.2) is 10.2 Å². The van der Waals surface area contributed by atoms with Crippen molar-refractivity contribution in [3.63, 3.8) is 0 Å². The Balaban J connectivity index is 1.60. The van der Waals surface area contributed by atoms with Crippen LogP contribution < -0.4 is 5.32 Å². The highest BCUT2D eigenvalue weighted by molar-refractivity contribution is 9.10. The lowest BCUT2D eigenvalue weighted by atomic mass is 9.49. The average molecular weight is 431 g/mol. The highest BCUT2D eigenvalue weighted by Gasteiger charge is 2.59. The van der Waals surface area contributed by atoms with Crippen molar-refractivity contribution in [3.05, 3.63) is 28.5 Å². The Kier molecular flexibility index (Phi) is 3.46. The Bertz CT molecular complexity index is 634. The summed E-state index contributed by atoms with van der Waals surface area (Å²) in [7, 11) is 0. The summed E-state index contributed by atoms with van der Waals surface area (Å²) in [5, 5.41) is 2.86. The van der Waals surface area contributed by atoms with Crippen molar-refractivity contribution in [1.29, 1.82) is 0 Å². The molecule has 0 aromatic heterocycles. The largest absolute Gasteiger partial charge is 0.323 e. The summed E-state index contributed by atoms with van der Waals surface area (Å²) >= 11 is 7.15. The van der Waals surface area contributed by atoms with Crippen molar-refractivity contribution < 1.29 is 9.18 Å². The van der Waals surface area contributed by atoms with E-state index in [1.54, 1.807) is 12.1 Å². The van der Waals surface area contributed by atoms with E-state index >= 15 is 0 Å². The first kappa shape index (κ1) is 15.1. The van der Waals surface area contributed by atoms with E-state index in [-0.39, 0.29) is 27.2 Å². The second-order valence-electron chi connectivity index (χ2n) is 7.47. The average Bonchev–Trinajstić information content (AvgIpc) is 2.39. The van der Waals surface area contributed by atoms with Gasteiger partial charge in [0.15, 0.2) is 0 Å². The summed E-state index contributed by atoms with van der Waals surface area (Å²) in [6, 6.07) is 4.77. The zero-order chi connectivity index (χ0) is 15.5. The SMILES string of the molecule is O=C(Nc1ccc(Br)cc1F)C12CC3CC(CC(Br)(C3)C1)C2. The maximum absolute atomic E-state index is 14.0. The van der Waals surface area contributed by atoms with Gasteiger partial charge in [0.25, 0.3) is 0 Å². The van der Waals surface area contributed by atoms with Gasteiger partial charge in [-0.25, -0.2) is 4.39 Å². The predicted molar refractivity (Wildman–Crippen MR) is 91.5 cm³/mol. The van der Waals surface area contributed by atoms with Gasteiger partial charge in [-0.15, -0.1) is 0 Å². The molecule has 1 amide bonds. The number of amides is 1. The Morgan fingerprint density at radius 2 is 1.91 bits per heavy atom. The standard InChI is InChI=1S/C17H18Br2FNO/c18-12-1-2-14(13(20)4-12)21-15(22)16-5-10-3-11(6-16)8-17(19,7-10)9-16/h1-2,4,10-11H,3,5-9H2,(H,21,22). The number of anilines is 1. The van der Waals surface area contributed by atoms with Crippen LogP contribution in [0, 0.1) is 23.1 Å². The lowest BCUT2D eigenvalue weighted by Crippen LogP contribution is -2.57. The number of nitrogens with one attached hydrogen (secondary N) is 1. The maximum Gasteiger partial charge on any atom is 0.230 e. The van der Waals surface area contributed by atoms with E-state index in [9.17, 15) is 9.18 Å². The molecule has 5 heteroatoms. The molecule has 1 aromatic carbocycles. The fraction of sp³-hybridized carbons (Fsp3) is 0.588. The van der Waals surface area contributed by atoms with Gasteiger partial charge in [0.1, 0.15) is 5.82 Å². The monoisotopic (exact) mass is 429 g/mol. The number of halogens is 3. The third-order valence-electron chi connectivity index (χ3n) is 5.65. The van der Waals surface area contributed by atoms with Crippen molar-refractivity contribution in [1.82, 2.24) is 0 Å². The van der Waals surface area contributed by atoms with Crippen molar-refractivity contribution in [2.45, 2.75) is 42.8 Å². The number of carbonyl (C=O) groups excluding carboxylic acids is 1. The van der Waals surface area contributed by atoms with Crippen LogP contribution in [0.25, 0.3) is 0 Å². The second-order valence-corrected chi connectivity index (χ2v) is 10.1. The number of benzene rings is 1. The van der Waals surface area contributed by atoms with Gasteiger partial charge < -0.3 is 5.32 Å². The molecule has 0 spiro atoms. The van der Waals surface area contributed by atoms with Crippen LogP contribution in [-0.2, 0) is 4.79 Å². The first-order valence-electron chi connectivity index (χ1n) is 7.83. The minimum Gasteiger partial charge on any atom is -0.323 e. The number of rotatable bonds is 2. The Labute approximate surface area is 146 Å². The van der Waals surface area contributed by atoms with Crippen molar-refractivity contribution in [2.75, 3.05) is 5.32 Å². The molecule has 2 atom stereocenters. The van der Waals surface area contributed by atoms with E-state index in [1.807, 2.05) is 0 Å². The molecular weight excluding hydrogens is 413 g/mol. The fourth-order valence-electron chi connectivity index (χ4n) is 5.26. The molecule has 0 aliphatic heterocycles. The van der Waals surface area contributed by atoms with E-state index in [2.05, 4.69) is 37.2 Å². The minimum atomic E-state index is -0.388. The van der Waals surface area contributed by atoms with Gasteiger partial charge in [-0.3, -0.25) is 4.79 Å². The van der Waals surface area contributed by atoms with E-state index < -0.39 is 0 Å². The minimum absolute atomic E-state index is 0.00616. The highest BCUT2D eigenvalue weighted by Crippen LogP contribution is 2.64. The summed E-state index contributed by atoms with van der Waals surface area (Å²) in [4.78, 5) is 12.9. The molecule has 5 rings (SSSR count). The van der Waals surface area contributed by atoms with Crippen LogP contribution in [0.2, 0.25) is 0 Å². The summed E-state index contributed by atoms with van der Waals surface area (Å²) in [5.41, 5.74) is -0.0276. The van der Waals surface area contributed by atoms with Gasteiger partial charge in [0, 0.05) is 8.80 Å². The normalized spacial score (nSPS) is 39.0. The quantitative estimate of drug-likeness (QED) is 0.637. The van der Waals surface area contributed by atoms with Crippen molar-refractivity contribution >= 4 is 43.5 Å². The molecule has 1 N–H and O–H groups in total. The summed E-state index contributed by atoms with van der Waals surface area (Å²) in [5.74, 6) is 0.898. The highest BCUT2D eigenvalue weighted by atomic mass is 79.9. The molecule has 4 fully saturated rings. The molecule has 1 aromatic rings. The van der Waals surface area contributed by atoms with Crippen molar-refractivity contribution in [3.8, 4) is 0 Å². The predicted octanol–water partition coefficient (Wildman–Crippen LogP) is 5.26. The Morgan fingerprint density at radius 1 is 1.23 bits per heavy atom. The van der Waals surface area contributed by atoms with Gasteiger partial charge in [-0.05, 0) is 68.6 Å². The van der Waals surface area contributed by atoms with Crippen LogP contribution in [0.15, 0.2) is 22.7 Å². The van der Waals surface area contributed by atoms with Gasteiger partial charge in [-0.1, -0.05) is 31.9 Å². The Morgan fingerprint density at radius 3 is 2.50 bits per heavy atom. The lowest BCUT2D eigenvalue weighted by Gasteiger charge is -2.59. The molecule has 2 unspecified atom stereocenters. The molecule has 22 heavy (non-hydrogen) atoms. The lowest BCUT2D eigenvalue weighted by molar-refractivity contribution is -0.138. The first-order chi connectivity index (χ1) is 10.4. The second kappa shape index (κ2) is 5.04. The van der Waals surface area contributed by atoms with Crippen LogP contribution in [0.3, 0.4) is 0 Å². The molecule has 118 valence electrons. The molecule has 4 aliphatic carbocycles. The van der Waals surface area contributed by atoms with Crippen LogP contribution in [0.5, 0.6) is 0 Å². The van der Waals surface area contributed by atoms with Gasteiger partial charge >= 0.3 is 0 Å². The van der Waals surface area contributed by atoms with Crippen LogP contribution >= 0.6 is 31.9 Å². The molecule has 2 nitrogen and oxygen atoms in total. The van der Waals surface area contributed by atoms with Gasteiger partial charge in [0.05, 0.1) is 11.1 Å². The molecule has 0 radical (unpaired) electrons. The molecule has 0 heterocycles. The first-order valence-corrected chi connectivity index (χ1v) is 9.42. The Hall–Kier alpha value is -0.420. The molecule has 0 saturated heterocycles. The number of hydrogen-bond donors (Lipinski definition) is 1. The fourth-order valence-corrected chi connectivity index (χ4v) is 7.05. The van der Waals surface area contributed by atoms with Crippen molar-refractivity contribution in [2.24, 2.45) is 17.3 Å². The maximum atomic E-state index is 14.0. The van der Waals surface area contributed by atoms with E-state index in [4.69, 9.17) is 0 Å². The van der Waals surface area contributed by atoms with E-state index in [1.165, 1.54) is 25.3 Å². The van der Waals surface area contributed by atoms with Crippen LogP contribution in [0.1, 0.15) is 38.5 Å². The molecule has 4 bridgehead atoms. The smallest absolute Gasteiger partial charge is 0.230 e. The molecule has 4 aliphatic rings. The zero-order valence-corrected chi connectivity index (χ0v) is 15.3. The topological polar surface area (TPSA) is 29.1 Å². The van der Waals surface area contributed by atoms with E-state index in [0.29, 0.717) is 16.3 Å². The molecular formula is C17H18Br2FNO. The van der Waals surface area contributed by atoms with Gasteiger partial charge in [0.2, 0.25) is 5.91 Å². The zero-order valence-electron chi connectivity index (χ0n) is 12.2. The van der Waals surface area contributed by atoms with Gasteiger partial charge in [-0.2, -0.15) is 0 Å². The van der Waals surface area contributed by atoms with E-state index in [0.717, 1.165) is 19.3 Å². The summed E-state index contributed by atoms with van der Waals surface area (Å²) < 4.78 is 14.8. The summed E-state index contributed by atoms with van der Waals surface area (Å²) in [6.45, 7) is 0. The third-order valence-corrected chi connectivity index (χ3v) is 7.07.